The van der Waals surface area contributed by atoms with E-state index in [9.17, 15) is 9.90 Å². The third kappa shape index (κ3) is 4.49. The summed E-state index contributed by atoms with van der Waals surface area (Å²) in [5, 5.41) is 12.8. The third-order valence-electron chi connectivity index (χ3n) is 3.26. The highest BCUT2D eigenvalue weighted by atomic mass is 16.3. The number of hydrogen-bond donors (Lipinski definition) is 3. The molecule has 0 aromatic heterocycles. The van der Waals surface area contributed by atoms with Gasteiger partial charge in [-0.05, 0) is 19.3 Å². The van der Waals surface area contributed by atoms with Crippen LogP contribution >= 0.6 is 0 Å². The number of rotatable bonds is 6. The maximum Gasteiger partial charge on any atom is 0.221 e. The minimum absolute atomic E-state index is 0.0405. The molecule has 0 bridgehead atoms. The molecule has 1 atom stereocenters. The SMILES string of the molecule is CCCC(N)CC(=O)NCC1(O)CCCC1. The average molecular weight is 228 g/mol. The normalized spacial score (nSPS) is 20.7. The Morgan fingerprint density at radius 1 is 1.50 bits per heavy atom. The van der Waals surface area contributed by atoms with Crippen molar-refractivity contribution in [2.75, 3.05) is 6.54 Å². The van der Waals surface area contributed by atoms with Gasteiger partial charge in [0.1, 0.15) is 0 Å². The number of amides is 1. The third-order valence-corrected chi connectivity index (χ3v) is 3.26. The predicted octanol–water partition coefficient (Wildman–Crippen LogP) is 0.925. The van der Waals surface area contributed by atoms with Gasteiger partial charge in [-0.3, -0.25) is 4.79 Å². The molecule has 1 aliphatic carbocycles. The van der Waals surface area contributed by atoms with Gasteiger partial charge in [-0.2, -0.15) is 0 Å². The van der Waals surface area contributed by atoms with Crippen molar-refractivity contribution in [1.29, 1.82) is 0 Å². The average Bonchev–Trinajstić information content (AvgIpc) is 2.63. The molecule has 4 nitrogen and oxygen atoms in total. The fourth-order valence-corrected chi connectivity index (χ4v) is 2.26. The van der Waals surface area contributed by atoms with E-state index in [4.69, 9.17) is 5.73 Å². The van der Waals surface area contributed by atoms with Gasteiger partial charge in [-0.1, -0.05) is 26.2 Å². The van der Waals surface area contributed by atoms with Crippen LogP contribution in [0.3, 0.4) is 0 Å². The fraction of sp³-hybridized carbons (Fsp3) is 0.917. The quantitative estimate of drug-likeness (QED) is 0.633. The molecule has 0 radical (unpaired) electrons. The molecule has 4 heteroatoms. The summed E-state index contributed by atoms with van der Waals surface area (Å²) in [5.41, 5.74) is 5.12. The number of carbonyl (C=O) groups is 1. The molecule has 1 fully saturated rings. The second kappa shape index (κ2) is 6.21. The Morgan fingerprint density at radius 3 is 2.69 bits per heavy atom. The van der Waals surface area contributed by atoms with E-state index in [2.05, 4.69) is 12.2 Å². The summed E-state index contributed by atoms with van der Waals surface area (Å²) in [6.07, 6.45) is 5.95. The summed E-state index contributed by atoms with van der Waals surface area (Å²) in [6.45, 7) is 2.43. The van der Waals surface area contributed by atoms with Crippen LogP contribution in [0, 0.1) is 0 Å². The van der Waals surface area contributed by atoms with E-state index in [0.717, 1.165) is 38.5 Å². The lowest BCUT2D eigenvalue weighted by atomic mass is 10.0. The van der Waals surface area contributed by atoms with Gasteiger partial charge in [-0.25, -0.2) is 0 Å². The monoisotopic (exact) mass is 228 g/mol. The number of aliphatic hydroxyl groups is 1. The van der Waals surface area contributed by atoms with E-state index < -0.39 is 5.60 Å². The van der Waals surface area contributed by atoms with Crippen LogP contribution < -0.4 is 11.1 Å². The summed E-state index contributed by atoms with van der Waals surface area (Å²) in [6, 6.07) is -0.0526. The van der Waals surface area contributed by atoms with Crippen molar-refractivity contribution >= 4 is 5.91 Å². The Balaban J connectivity index is 2.19. The predicted molar refractivity (Wildman–Crippen MR) is 63.9 cm³/mol. The van der Waals surface area contributed by atoms with Crippen molar-refractivity contribution in [2.45, 2.75) is 63.5 Å². The molecule has 1 amide bonds. The van der Waals surface area contributed by atoms with Crippen molar-refractivity contribution in [2.24, 2.45) is 5.73 Å². The molecule has 0 aliphatic heterocycles. The number of hydrogen-bond acceptors (Lipinski definition) is 3. The van der Waals surface area contributed by atoms with Crippen molar-refractivity contribution in [3.63, 3.8) is 0 Å². The molecule has 0 heterocycles. The van der Waals surface area contributed by atoms with Crippen LogP contribution in [0.1, 0.15) is 51.9 Å². The minimum atomic E-state index is -0.662. The number of nitrogens with two attached hydrogens (primary N) is 1. The van der Waals surface area contributed by atoms with Gasteiger partial charge >= 0.3 is 0 Å². The van der Waals surface area contributed by atoms with E-state index in [1.165, 1.54) is 0 Å². The maximum absolute atomic E-state index is 11.5. The Hall–Kier alpha value is -0.610. The minimum Gasteiger partial charge on any atom is -0.388 e. The van der Waals surface area contributed by atoms with Gasteiger partial charge in [-0.15, -0.1) is 0 Å². The highest BCUT2D eigenvalue weighted by molar-refractivity contribution is 5.76. The van der Waals surface area contributed by atoms with E-state index >= 15 is 0 Å². The Morgan fingerprint density at radius 2 is 2.12 bits per heavy atom. The van der Waals surface area contributed by atoms with Crippen molar-refractivity contribution in [3.8, 4) is 0 Å². The smallest absolute Gasteiger partial charge is 0.221 e. The van der Waals surface area contributed by atoms with Crippen LogP contribution in [0.15, 0.2) is 0 Å². The second-order valence-corrected chi connectivity index (χ2v) is 4.96. The molecule has 1 aliphatic rings. The molecule has 0 spiro atoms. The number of carbonyl (C=O) groups excluding carboxylic acids is 1. The van der Waals surface area contributed by atoms with Gasteiger partial charge in [0.25, 0.3) is 0 Å². The van der Waals surface area contributed by atoms with Gasteiger partial charge in [0, 0.05) is 19.0 Å². The zero-order valence-electron chi connectivity index (χ0n) is 10.2. The van der Waals surface area contributed by atoms with Crippen molar-refractivity contribution < 1.29 is 9.90 Å². The van der Waals surface area contributed by atoms with E-state index in [-0.39, 0.29) is 11.9 Å². The highest BCUT2D eigenvalue weighted by Crippen LogP contribution is 2.28. The molecular weight excluding hydrogens is 204 g/mol. The summed E-state index contributed by atoms with van der Waals surface area (Å²) < 4.78 is 0. The first-order chi connectivity index (χ1) is 7.56. The standard InChI is InChI=1S/C12H24N2O2/c1-2-5-10(13)8-11(15)14-9-12(16)6-3-4-7-12/h10,16H,2-9,13H2,1H3,(H,14,15). The second-order valence-electron chi connectivity index (χ2n) is 4.96. The molecule has 1 rings (SSSR count). The lowest BCUT2D eigenvalue weighted by Gasteiger charge is -2.22. The summed E-state index contributed by atoms with van der Waals surface area (Å²) in [5.74, 6) is -0.0405. The first kappa shape index (κ1) is 13.5. The van der Waals surface area contributed by atoms with E-state index in [0.29, 0.717) is 13.0 Å². The molecule has 16 heavy (non-hydrogen) atoms. The van der Waals surface area contributed by atoms with Crippen LogP contribution in [-0.2, 0) is 4.79 Å². The first-order valence-corrected chi connectivity index (χ1v) is 6.30. The Bertz CT molecular complexity index is 225. The lowest BCUT2D eigenvalue weighted by Crippen LogP contribution is -2.42. The Labute approximate surface area is 97.6 Å². The summed E-state index contributed by atoms with van der Waals surface area (Å²) in [4.78, 5) is 11.5. The Kier molecular flexibility index (Phi) is 5.22. The van der Waals surface area contributed by atoms with E-state index in [1.54, 1.807) is 0 Å². The maximum atomic E-state index is 11.5. The first-order valence-electron chi connectivity index (χ1n) is 6.30. The van der Waals surface area contributed by atoms with Crippen LogP contribution in [0.5, 0.6) is 0 Å². The van der Waals surface area contributed by atoms with Crippen LogP contribution in [0.2, 0.25) is 0 Å². The molecule has 94 valence electrons. The van der Waals surface area contributed by atoms with Crippen LogP contribution in [-0.4, -0.2) is 29.2 Å². The van der Waals surface area contributed by atoms with Crippen LogP contribution in [0.25, 0.3) is 0 Å². The van der Waals surface area contributed by atoms with E-state index in [1.807, 2.05) is 0 Å². The van der Waals surface area contributed by atoms with Crippen molar-refractivity contribution in [1.82, 2.24) is 5.32 Å². The molecule has 1 saturated carbocycles. The van der Waals surface area contributed by atoms with Gasteiger partial charge in [0.2, 0.25) is 5.91 Å². The van der Waals surface area contributed by atoms with Gasteiger partial charge < -0.3 is 16.2 Å². The zero-order valence-corrected chi connectivity index (χ0v) is 10.2. The molecule has 1 unspecified atom stereocenters. The van der Waals surface area contributed by atoms with Gasteiger partial charge in [0.05, 0.1) is 5.60 Å². The number of nitrogens with one attached hydrogen (secondary N) is 1. The fourth-order valence-electron chi connectivity index (χ4n) is 2.26. The zero-order chi connectivity index (χ0) is 12.0. The summed E-state index contributed by atoms with van der Waals surface area (Å²) >= 11 is 0. The van der Waals surface area contributed by atoms with Gasteiger partial charge in [0.15, 0.2) is 0 Å². The molecular formula is C12H24N2O2. The van der Waals surface area contributed by atoms with Crippen molar-refractivity contribution in [3.05, 3.63) is 0 Å². The van der Waals surface area contributed by atoms with Crippen LogP contribution in [0.4, 0.5) is 0 Å². The highest BCUT2D eigenvalue weighted by Gasteiger charge is 2.31. The topological polar surface area (TPSA) is 75.4 Å². The largest absolute Gasteiger partial charge is 0.388 e. The molecule has 0 aromatic carbocycles. The molecule has 0 saturated heterocycles. The molecule has 4 N–H and O–H groups in total. The molecule has 0 aromatic rings. The lowest BCUT2D eigenvalue weighted by molar-refractivity contribution is -0.122. The summed E-state index contributed by atoms with van der Waals surface area (Å²) in [7, 11) is 0.